The van der Waals surface area contributed by atoms with Crippen LogP contribution in [0.3, 0.4) is 0 Å². The van der Waals surface area contributed by atoms with E-state index < -0.39 is 11.8 Å². The second-order valence-electron chi connectivity index (χ2n) is 7.21. The fourth-order valence-corrected chi connectivity index (χ4v) is 4.13. The molecule has 0 radical (unpaired) electrons. The number of halogens is 2. The Balaban J connectivity index is 1.24. The third-order valence-electron chi connectivity index (χ3n) is 4.92. The average Bonchev–Trinajstić information content (AvgIpc) is 3.57. The van der Waals surface area contributed by atoms with Crippen molar-refractivity contribution in [3.8, 4) is 11.4 Å². The lowest BCUT2D eigenvalue weighted by Crippen LogP contribution is -2.36. The van der Waals surface area contributed by atoms with Gasteiger partial charge in [0.2, 0.25) is 0 Å². The summed E-state index contributed by atoms with van der Waals surface area (Å²) in [7, 11) is 0. The number of carbonyl (C=O) groups is 1. The number of carbonyl (C=O) groups excluding carboxylic acids is 1. The quantitative estimate of drug-likeness (QED) is 0.370. The molecule has 5 aromatic rings. The van der Waals surface area contributed by atoms with E-state index in [0.717, 1.165) is 15.9 Å². The van der Waals surface area contributed by atoms with Gasteiger partial charge in [0.1, 0.15) is 18.0 Å². The number of nitrogens with zero attached hydrogens (tertiary/aromatic N) is 7. The van der Waals surface area contributed by atoms with Crippen molar-refractivity contribution in [1.29, 1.82) is 0 Å². The molecular weight excluding hydrogens is 481 g/mol. The Labute approximate surface area is 201 Å². The summed E-state index contributed by atoms with van der Waals surface area (Å²) in [6.07, 6.45) is 1.43. The van der Waals surface area contributed by atoms with E-state index in [1.165, 1.54) is 23.1 Å². The summed E-state index contributed by atoms with van der Waals surface area (Å²) in [5.74, 6) is 0.911. The molecule has 172 valence electrons. The summed E-state index contributed by atoms with van der Waals surface area (Å²) in [6.45, 7) is 1.93. The van der Waals surface area contributed by atoms with Gasteiger partial charge in [-0.25, -0.2) is 33.5 Å². The molecule has 0 saturated heterocycles. The number of rotatable bonds is 6. The van der Waals surface area contributed by atoms with Gasteiger partial charge in [0.15, 0.2) is 11.6 Å². The Bertz CT molecular complexity index is 1490. The van der Waals surface area contributed by atoms with Gasteiger partial charge in [-0.2, -0.15) is 10.2 Å². The highest BCUT2D eigenvalue weighted by Crippen LogP contribution is 2.21. The van der Waals surface area contributed by atoms with Crippen LogP contribution in [0.2, 0.25) is 5.02 Å². The molecule has 2 aromatic carbocycles. The molecule has 0 aliphatic heterocycles. The number of amides is 2. The molecule has 0 unspecified atom stereocenters. The lowest BCUT2D eigenvalue weighted by Gasteiger charge is -2.10. The normalized spacial score (nSPS) is 11.1. The van der Waals surface area contributed by atoms with E-state index in [1.54, 1.807) is 34.5 Å². The second-order valence-corrected chi connectivity index (χ2v) is 8.51. The number of nitrogens with one attached hydrogen (secondary N) is 2. The van der Waals surface area contributed by atoms with Gasteiger partial charge >= 0.3 is 6.03 Å². The van der Waals surface area contributed by atoms with Crippen LogP contribution >= 0.6 is 22.9 Å². The summed E-state index contributed by atoms with van der Waals surface area (Å²) in [6, 6.07) is 9.70. The highest BCUT2D eigenvalue weighted by molar-refractivity contribution is 7.16. The van der Waals surface area contributed by atoms with Gasteiger partial charge in [0.25, 0.3) is 0 Å². The molecule has 3 heterocycles. The minimum atomic E-state index is -0.568. The molecule has 0 aliphatic carbocycles. The smallest absolute Gasteiger partial charge is 0.315 e. The van der Waals surface area contributed by atoms with Crippen LogP contribution in [-0.4, -0.2) is 40.5 Å². The second kappa shape index (κ2) is 9.15. The first kappa shape index (κ1) is 21.9. The number of benzene rings is 2. The van der Waals surface area contributed by atoms with E-state index in [9.17, 15) is 9.18 Å². The summed E-state index contributed by atoms with van der Waals surface area (Å²) >= 11 is 7.32. The van der Waals surface area contributed by atoms with Crippen molar-refractivity contribution in [2.75, 3.05) is 0 Å². The number of aromatic nitrogens is 7. The van der Waals surface area contributed by atoms with Gasteiger partial charge in [-0.15, -0.1) is 11.3 Å². The molecule has 3 aromatic heterocycles. The summed E-state index contributed by atoms with van der Waals surface area (Å²) in [4.78, 5) is 25.3. The van der Waals surface area contributed by atoms with Crippen LogP contribution in [0, 0.1) is 12.7 Å². The monoisotopic (exact) mass is 497 g/mol. The molecule has 34 heavy (non-hydrogen) atoms. The van der Waals surface area contributed by atoms with Crippen molar-refractivity contribution >= 4 is 39.2 Å². The SMILES string of the molecule is Cc1nc(CNC(=O)NCc2ncnn2-c2ccc3scnc3c2)n(-c2ccc(Cl)c(F)c2)n1. The number of hydrogen-bond acceptors (Lipinski definition) is 7. The third kappa shape index (κ3) is 4.45. The molecular formula is C21H17ClFN9OS. The van der Waals surface area contributed by atoms with Gasteiger partial charge < -0.3 is 10.6 Å². The molecule has 10 nitrogen and oxygen atoms in total. The Morgan fingerprint density at radius 2 is 1.82 bits per heavy atom. The zero-order chi connectivity index (χ0) is 23.7. The van der Waals surface area contributed by atoms with Crippen LogP contribution in [0.4, 0.5) is 9.18 Å². The third-order valence-corrected chi connectivity index (χ3v) is 6.04. The van der Waals surface area contributed by atoms with Crippen molar-refractivity contribution < 1.29 is 9.18 Å². The van der Waals surface area contributed by atoms with E-state index in [1.807, 2.05) is 18.2 Å². The summed E-state index contributed by atoms with van der Waals surface area (Å²) < 4.78 is 18.1. The van der Waals surface area contributed by atoms with Crippen molar-refractivity contribution in [2.24, 2.45) is 0 Å². The number of aryl methyl sites for hydroxylation is 1. The summed E-state index contributed by atoms with van der Waals surface area (Å²) in [5.41, 5.74) is 3.90. The molecule has 0 atom stereocenters. The van der Waals surface area contributed by atoms with E-state index >= 15 is 0 Å². The first-order chi connectivity index (χ1) is 16.5. The van der Waals surface area contributed by atoms with E-state index in [4.69, 9.17) is 11.6 Å². The van der Waals surface area contributed by atoms with Crippen LogP contribution < -0.4 is 10.6 Å². The minimum absolute atomic E-state index is 0.0130. The van der Waals surface area contributed by atoms with E-state index in [0.29, 0.717) is 23.2 Å². The Morgan fingerprint density at radius 3 is 2.65 bits per heavy atom. The Morgan fingerprint density at radius 1 is 1.06 bits per heavy atom. The highest BCUT2D eigenvalue weighted by Gasteiger charge is 2.14. The lowest BCUT2D eigenvalue weighted by molar-refractivity contribution is 0.239. The van der Waals surface area contributed by atoms with Gasteiger partial charge in [-0.05, 0) is 37.3 Å². The highest BCUT2D eigenvalue weighted by atomic mass is 35.5. The molecule has 2 N–H and O–H groups in total. The van der Waals surface area contributed by atoms with Crippen LogP contribution in [0.5, 0.6) is 0 Å². The van der Waals surface area contributed by atoms with Crippen molar-refractivity contribution in [2.45, 2.75) is 20.0 Å². The summed E-state index contributed by atoms with van der Waals surface area (Å²) in [5, 5.41) is 14.0. The number of fused-ring (bicyclic) bond motifs is 1. The maximum absolute atomic E-state index is 13.9. The Hall–Kier alpha value is -3.90. The predicted molar refractivity (Wildman–Crippen MR) is 125 cm³/mol. The molecule has 0 aliphatic rings. The maximum Gasteiger partial charge on any atom is 0.315 e. The van der Waals surface area contributed by atoms with Crippen LogP contribution in [-0.2, 0) is 13.1 Å². The molecule has 0 spiro atoms. The van der Waals surface area contributed by atoms with Crippen LogP contribution in [0.1, 0.15) is 17.5 Å². The van der Waals surface area contributed by atoms with Gasteiger partial charge in [0.05, 0.1) is 45.2 Å². The number of thiazole rings is 1. The molecule has 0 fully saturated rings. The molecule has 2 amide bonds. The molecule has 0 saturated carbocycles. The minimum Gasteiger partial charge on any atom is -0.331 e. The predicted octanol–water partition coefficient (Wildman–Crippen LogP) is 3.56. The standard InChI is InChI=1S/C21H17ClFN9OS/c1-12-29-20(32(30-12)13-2-4-15(22)16(23)6-13)9-25-21(33)24-8-19-26-10-28-31(19)14-3-5-18-17(7-14)27-11-34-18/h2-7,10-11H,8-9H2,1H3,(H2,24,25,33). The van der Waals surface area contributed by atoms with Crippen LogP contribution in [0.15, 0.2) is 48.2 Å². The Kier molecular flexibility index (Phi) is 5.90. The molecule has 13 heteroatoms. The number of urea groups is 1. The zero-order valence-electron chi connectivity index (χ0n) is 17.7. The maximum atomic E-state index is 13.9. The van der Waals surface area contributed by atoms with Gasteiger partial charge in [-0.3, -0.25) is 0 Å². The van der Waals surface area contributed by atoms with Gasteiger partial charge in [0, 0.05) is 6.07 Å². The number of hydrogen-bond donors (Lipinski definition) is 2. The topological polar surface area (TPSA) is 115 Å². The van der Waals surface area contributed by atoms with Gasteiger partial charge in [-0.1, -0.05) is 11.6 Å². The largest absolute Gasteiger partial charge is 0.331 e. The first-order valence-electron chi connectivity index (χ1n) is 10.1. The van der Waals surface area contributed by atoms with E-state index in [2.05, 4.69) is 35.8 Å². The molecule has 0 bridgehead atoms. The first-order valence-corrected chi connectivity index (χ1v) is 11.4. The molecule has 5 rings (SSSR count). The van der Waals surface area contributed by atoms with Crippen molar-refractivity contribution in [3.63, 3.8) is 0 Å². The fraction of sp³-hybridized carbons (Fsp3) is 0.143. The van der Waals surface area contributed by atoms with Crippen molar-refractivity contribution in [3.05, 3.63) is 76.5 Å². The van der Waals surface area contributed by atoms with E-state index in [-0.39, 0.29) is 18.1 Å². The fourth-order valence-electron chi connectivity index (χ4n) is 3.36. The zero-order valence-corrected chi connectivity index (χ0v) is 19.3. The van der Waals surface area contributed by atoms with Crippen LogP contribution in [0.25, 0.3) is 21.6 Å². The average molecular weight is 498 g/mol. The van der Waals surface area contributed by atoms with Crippen molar-refractivity contribution in [1.82, 2.24) is 45.1 Å². The lowest BCUT2D eigenvalue weighted by atomic mass is 10.3.